The zero-order valence-electron chi connectivity index (χ0n) is 12.4. The van der Waals surface area contributed by atoms with Gasteiger partial charge in [-0.1, -0.05) is 6.92 Å². The summed E-state index contributed by atoms with van der Waals surface area (Å²) in [5.74, 6) is -0.561. The molecule has 2 N–H and O–H groups in total. The molecule has 0 aromatic rings. The van der Waals surface area contributed by atoms with Gasteiger partial charge in [-0.05, 0) is 44.4 Å². The number of hydrogen-bond acceptors (Lipinski definition) is 3. The van der Waals surface area contributed by atoms with Gasteiger partial charge in [-0.2, -0.15) is 0 Å². The number of carbonyl (C=O) groups excluding carboxylic acids is 1. The van der Waals surface area contributed by atoms with Gasteiger partial charge in [-0.3, -0.25) is 0 Å². The third-order valence-corrected chi connectivity index (χ3v) is 5.32. The summed E-state index contributed by atoms with van der Waals surface area (Å²) < 4.78 is 0. The molecule has 0 aromatic heterocycles. The first-order valence-corrected chi connectivity index (χ1v) is 7.97. The molecule has 2 bridgehead atoms. The summed E-state index contributed by atoms with van der Waals surface area (Å²) in [5, 5.41) is 19.2. The van der Waals surface area contributed by atoms with E-state index in [1.165, 1.54) is 0 Å². The van der Waals surface area contributed by atoms with Gasteiger partial charge in [0.15, 0.2) is 0 Å². The summed E-state index contributed by atoms with van der Waals surface area (Å²) in [4.78, 5) is 27.7. The van der Waals surface area contributed by atoms with Gasteiger partial charge in [0, 0.05) is 18.6 Å². The Labute approximate surface area is 124 Å². The number of nitrogens with zero attached hydrogens (tertiary/aromatic N) is 2. The molecule has 21 heavy (non-hydrogen) atoms. The Balaban J connectivity index is 1.76. The molecule has 0 spiro atoms. The van der Waals surface area contributed by atoms with Crippen LogP contribution in [0, 0.1) is 5.92 Å². The van der Waals surface area contributed by atoms with E-state index in [1.807, 2.05) is 11.8 Å². The van der Waals surface area contributed by atoms with E-state index in [0.717, 1.165) is 19.3 Å². The van der Waals surface area contributed by atoms with Crippen LogP contribution in [0.1, 0.15) is 45.4 Å². The van der Waals surface area contributed by atoms with Crippen molar-refractivity contribution >= 4 is 12.0 Å². The van der Waals surface area contributed by atoms with Crippen LogP contribution < -0.4 is 0 Å². The number of carboxylic acids is 1. The Kier molecular flexibility index (Phi) is 3.82. The first-order chi connectivity index (χ1) is 9.97. The smallest absolute Gasteiger partial charge is 0.326 e. The minimum Gasteiger partial charge on any atom is -0.480 e. The number of carboxylic acid groups (broad SMARTS) is 1. The van der Waals surface area contributed by atoms with Gasteiger partial charge in [0.05, 0.1) is 6.10 Å². The van der Waals surface area contributed by atoms with Crippen LogP contribution in [0.3, 0.4) is 0 Å². The molecule has 6 heteroatoms. The fourth-order valence-corrected chi connectivity index (χ4v) is 4.21. The van der Waals surface area contributed by atoms with E-state index in [4.69, 9.17) is 0 Å². The van der Waals surface area contributed by atoms with Gasteiger partial charge < -0.3 is 20.0 Å². The van der Waals surface area contributed by atoms with Crippen LogP contribution >= 0.6 is 0 Å². The molecule has 118 valence electrons. The zero-order chi connectivity index (χ0) is 15.1. The molecule has 3 aliphatic heterocycles. The number of fused-ring (bicyclic) bond motifs is 2. The van der Waals surface area contributed by atoms with Crippen molar-refractivity contribution in [3.05, 3.63) is 0 Å². The Bertz CT molecular complexity index is 427. The first kappa shape index (κ1) is 14.6. The molecular weight excluding hydrogens is 272 g/mol. The number of carbonyl (C=O) groups is 2. The van der Waals surface area contributed by atoms with Crippen molar-refractivity contribution in [2.24, 2.45) is 5.92 Å². The maximum absolute atomic E-state index is 12.8. The molecule has 3 saturated heterocycles. The van der Waals surface area contributed by atoms with Gasteiger partial charge >= 0.3 is 12.0 Å². The van der Waals surface area contributed by atoms with Crippen LogP contribution in [-0.2, 0) is 4.79 Å². The van der Waals surface area contributed by atoms with E-state index in [-0.39, 0.29) is 24.2 Å². The van der Waals surface area contributed by atoms with Crippen molar-refractivity contribution in [1.29, 1.82) is 0 Å². The van der Waals surface area contributed by atoms with Crippen molar-refractivity contribution in [2.75, 3.05) is 6.54 Å². The highest BCUT2D eigenvalue weighted by Gasteiger charge is 2.46. The summed E-state index contributed by atoms with van der Waals surface area (Å²) in [6.45, 7) is 2.56. The number of aliphatic hydroxyl groups excluding tert-OH is 1. The standard InChI is InChI=1S/C15H24N2O4/c1-9-4-5-16(13(6-9)14(19)20)15(21)17-10-2-3-11(17)8-12(18)7-10/h9-13,18H,2-8H2,1H3,(H,19,20). The van der Waals surface area contributed by atoms with E-state index in [2.05, 4.69) is 0 Å². The molecule has 3 fully saturated rings. The number of likely N-dealkylation sites (tertiary alicyclic amines) is 1. The molecule has 3 rings (SSSR count). The molecule has 2 amide bonds. The Morgan fingerprint density at radius 3 is 2.24 bits per heavy atom. The van der Waals surface area contributed by atoms with Crippen LogP contribution in [0.25, 0.3) is 0 Å². The lowest BCUT2D eigenvalue weighted by Gasteiger charge is -2.43. The summed E-state index contributed by atoms with van der Waals surface area (Å²) in [6.07, 6.45) is 4.19. The first-order valence-electron chi connectivity index (χ1n) is 7.97. The summed E-state index contributed by atoms with van der Waals surface area (Å²) in [7, 11) is 0. The number of urea groups is 1. The molecular formula is C15H24N2O4. The predicted molar refractivity (Wildman–Crippen MR) is 75.8 cm³/mol. The van der Waals surface area contributed by atoms with Crippen LogP contribution in [0.2, 0.25) is 0 Å². The third kappa shape index (κ3) is 2.61. The van der Waals surface area contributed by atoms with Crippen molar-refractivity contribution in [1.82, 2.24) is 9.80 Å². The summed E-state index contributed by atoms with van der Waals surface area (Å²) in [6, 6.07) is -0.665. The van der Waals surface area contributed by atoms with Crippen molar-refractivity contribution < 1.29 is 19.8 Å². The van der Waals surface area contributed by atoms with E-state index in [0.29, 0.717) is 31.7 Å². The lowest BCUT2D eigenvalue weighted by Crippen LogP contribution is -2.58. The maximum atomic E-state index is 12.8. The second-order valence-corrected chi connectivity index (χ2v) is 6.88. The van der Waals surface area contributed by atoms with Crippen molar-refractivity contribution in [2.45, 2.75) is 69.7 Å². The minimum atomic E-state index is -0.903. The Morgan fingerprint density at radius 1 is 1.05 bits per heavy atom. The van der Waals surface area contributed by atoms with Crippen molar-refractivity contribution in [3.63, 3.8) is 0 Å². The highest BCUT2D eigenvalue weighted by Crippen LogP contribution is 2.37. The molecule has 3 aliphatic rings. The number of amides is 2. The lowest BCUT2D eigenvalue weighted by molar-refractivity contribution is -0.144. The second-order valence-electron chi connectivity index (χ2n) is 6.88. The minimum absolute atomic E-state index is 0.0834. The topological polar surface area (TPSA) is 81.1 Å². The van der Waals surface area contributed by atoms with Crippen LogP contribution in [0.5, 0.6) is 0 Å². The highest BCUT2D eigenvalue weighted by molar-refractivity contribution is 5.83. The molecule has 0 radical (unpaired) electrons. The number of rotatable bonds is 1. The van der Waals surface area contributed by atoms with E-state index in [1.54, 1.807) is 4.90 Å². The number of aliphatic carboxylic acids is 1. The normalized spacial score (nSPS) is 39.4. The maximum Gasteiger partial charge on any atom is 0.326 e. The largest absolute Gasteiger partial charge is 0.480 e. The van der Waals surface area contributed by atoms with Crippen LogP contribution in [0.15, 0.2) is 0 Å². The van der Waals surface area contributed by atoms with E-state index in [9.17, 15) is 19.8 Å². The lowest BCUT2D eigenvalue weighted by atomic mass is 9.92. The zero-order valence-corrected chi connectivity index (χ0v) is 12.4. The molecule has 0 saturated carbocycles. The molecule has 4 atom stereocenters. The average Bonchev–Trinajstić information content (AvgIpc) is 2.70. The second kappa shape index (κ2) is 5.48. The predicted octanol–water partition coefficient (Wildman–Crippen LogP) is 1.28. The monoisotopic (exact) mass is 296 g/mol. The Morgan fingerprint density at radius 2 is 1.67 bits per heavy atom. The SMILES string of the molecule is CC1CCN(C(=O)N2C3CCC2CC(O)C3)C(C(=O)O)C1. The van der Waals surface area contributed by atoms with E-state index < -0.39 is 12.0 Å². The van der Waals surface area contributed by atoms with Gasteiger partial charge in [0.25, 0.3) is 0 Å². The van der Waals surface area contributed by atoms with Gasteiger partial charge in [-0.15, -0.1) is 0 Å². The molecule has 3 heterocycles. The Hall–Kier alpha value is -1.30. The number of piperidine rings is 2. The van der Waals surface area contributed by atoms with E-state index >= 15 is 0 Å². The van der Waals surface area contributed by atoms with Crippen LogP contribution in [0.4, 0.5) is 4.79 Å². The van der Waals surface area contributed by atoms with Gasteiger partial charge in [-0.25, -0.2) is 9.59 Å². The molecule has 0 aromatic carbocycles. The highest BCUT2D eigenvalue weighted by atomic mass is 16.4. The van der Waals surface area contributed by atoms with Gasteiger partial charge in [0.1, 0.15) is 6.04 Å². The number of hydrogen-bond donors (Lipinski definition) is 2. The summed E-state index contributed by atoms with van der Waals surface area (Å²) in [5.41, 5.74) is 0. The number of aliphatic hydroxyl groups is 1. The quantitative estimate of drug-likeness (QED) is 0.764. The summed E-state index contributed by atoms with van der Waals surface area (Å²) >= 11 is 0. The third-order valence-electron chi connectivity index (χ3n) is 5.32. The van der Waals surface area contributed by atoms with Crippen molar-refractivity contribution in [3.8, 4) is 0 Å². The average molecular weight is 296 g/mol. The molecule has 4 unspecified atom stereocenters. The van der Waals surface area contributed by atoms with Gasteiger partial charge in [0.2, 0.25) is 0 Å². The molecule has 0 aliphatic carbocycles. The van der Waals surface area contributed by atoms with Crippen LogP contribution in [-0.4, -0.2) is 62.8 Å². The fourth-order valence-electron chi connectivity index (χ4n) is 4.21. The fraction of sp³-hybridized carbons (Fsp3) is 0.867. The molecule has 6 nitrogen and oxygen atoms in total.